The molecule has 1 aromatic rings. The van der Waals surface area contributed by atoms with Gasteiger partial charge in [-0.2, -0.15) is 0 Å². The first kappa shape index (κ1) is 18.7. The van der Waals surface area contributed by atoms with Gasteiger partial charge in [0.2, 0.25) is 0 Å². The fourth-order valence-corrected chi connectivity index (χ4v) is 1.71. The molecule has 0 unspecified atom stereocenters. The van der Waals surface area contributed by atoms with E-state index in [1.54, 1.807) is 38.1 Å². The molecule has 0 bridgehead atoms. The van der Waals surface area contributed by atoms with Crippen molar-refractivity contribution in [1.29, 1.82) is 0 Å². The molecule has 0 N–H and O–H groups in total. The Kier molecular flexibility index (Phi) is 7.88. The molecule has 0 fully saturated rings. The number of carbonyl (C=O) groups is 2. The van der Waals surface area contributed by atoms with E-state index in [1.165, 1.54) is 6.08 Å². The Bertz CT molecular complexity index is 523. The molecule has 0 heterocycles. The molecule has 0 saturated carbocycles. The Hall–Kier alpha value is -2.30. The SMILES string of the molecule is CCOC(=O)C(=Cc1ccc(OCC(C)C)cc1)C(=O)OCC. The molecule has 5 nitrogen and oxygen atoms in total. The van der Waals surface area contributed by atoms with Crippen LogP contribution in [0.25, 0.3) is 6.08 Å². The Labute approximate surface area is 137 Å². The van der Waals surface area contributed by atoms with Gasteiger partial charge in [-0.15, -0.1) is 0 Å². The van der Waals surface area contributed by atoms with Crippen LogP contribution in [0.2, 0.25) is 0 Å². The van der Waals surface area contributed by atoms with Gasteiger partial charge in [-0.05, 0) is 43.5 Å². The lowest BCUT2D eigenvalue weighted by Crippen LogP contribution is -2.18. The van der Waals surface area contributed by atoms with Crippen molar-refractivity contribution < 1.29 is 23.8 Å². The van der Waals surface area contributed by atoms with E-state index in [0.717, 1.165) is 5.75 Å². The lowest BCUT2D eigenvalue weighted by molar-refractivity contribution is -0.146. The first-order valence-electron chi connectivity index (χ1n) is 7.76. The maximum atomic E-state index is 11.9. The Balaban J connectivity index is 2.92. The summed E-state index contributed by atoms with van der Waals surface area (Å²) >= 11 is 0. The van der Waals surface area contributed by atoms with Crippen LogP contribution in [-0.2, 0) is 19.1 Å². The lowest BCUT2D eigenvalue weighted by Gasteiger charge is -2.09. The van der Waals surface area contributed by atoms with Gasteiger partial charge in [0.25, 0.3) is 0 Å². The molecule has 0 aliphatic heterocycles. The molecule has 126 valence electrons. The van der Waals surface area contributed by atoms with Gasteiger partial charge in [0, 0.05) is 0 Å². The van der Waals surface area contributed by atoms with Gasteiger partial charge in [-0.1, -0.05) is 26.0 Å². The average Bonchev–Trinajstić information content (AvgIpc) is 2.52. The maximum Gasteiger partial charge on any atom is 0.345 e. The molecule has 0 amide bonds. The highest BCUT2D eigenvalue weighted by Gasteiger charge is 2.20. The highest BCUT2D eigenvalue weighted by atomic mass is 16.6. The van der Waals surface area contributed by atoms with Gasteiger partial charge in [-0.25, -0.2) is 9.59 Å². The summed E-state index contributed by atoms with van der Waals surface area (Å²) in [6.45, 7) is 8.52. The molecule has 5 heteroatoms. The van der Waals surface area contributed by atoms with E-state index in [-0.39, 0.29) is 18.8 Å². The Morgan fingerprint density at radius 1 is 1.00 bits per heavy atom. The molecular weight excluding hydrogens is 296 g/mol. The summed E-state index contributed by atoms with van der Waals surface area (Å²) < 4.78 is 15.4. The summed E-state index contributed by atoms with van der Waals surface area (Å²) in [6, 6.07) is 7.13. The van der Waals surface area contributed by atoms with Crippen molar-refractivity contribution in [3.63, 3.8) is 0 Å². The molecule has 1 rings (SSSR count). The largest absolute Gasteiger partial charge is 0.493 e. The molecular formula is C18H24O5. The number of esters is 2. The van der Waals surface area contributed by atoms with Crippen LogP contribution in [0.5, 0.6) is 5.75 Å². The summed E-state index contributed by atoms with van der Waals surface area (Å²) in [5.74, 6) is -0.198. The second-order valence-corrected chi connectivity index (χ2v) is 5.27. The Morgan fingerprint density at radius 2 is 1.52 bits per heavy atom. The number of hydrogen-bond donors (Lipinski definition) is 0. The fraction of sp³-hybridized carbons (Fsp3) is 0.444. The van der Waals surface area contributed by atoms with E-state index in [9.17, 15) is 9.59 Å². The predicted octanol–water partition coefficient (Wildman–Crippen LogP) is 3.23. The van der Waals surface area contributed by atoms with Crippen molar-refractivity contribution in [1.82, 2.24) is 0 Å². The van der Waals surface area contributed by atoms with Crippen molar-refractivity contribution in [3.05, 3.63) is 35.4 Å². The quantitative estimate of drug-likeness (QED) is 0.318. The third kappa shape index (κ3) is 6.55. The fourth-order valence-electron chi connectivity index (χ4n) is 1.71. The molecule has 0 spiro atoms. The molecule has 0 aliphatic carbocycles. The van der Waals surface area contributed by atoms with E-state index in [0.29, 0.717) is 18.1 Å². The lowest BCUT2D eigenvalue weighted by atomic mass is 10.1. The summed E-state index contributed by atoms with van der Waals surface area (Å²) in [6.07, 6.45) is 1.46. The zero-order valence-electron chi connectivity index (χ0n) is 14.1. The Morgan fingerprint density at radius 3 is 1.96 bits per heavy atom. The average molecular weight is 320 g/mol. The smallest absolute Gasteiger partial charge is 0.345 e. The van der Waals surface area contributed by atoms with Crippen molar-refractivity contribution in [2.24, 2.45) is 5.92 Å². The second-order valence-electron chi connectivity index (χ2n) is 5.27. The van der Waals surface area contributed by atoms with Gasteiger partial charge in [0.15, 0.2) is 0 Å². The highest BCUT2D eigenvalue weighted by Crippen LogP contribution is 2.16. The topological polar surface area (TPSA) is 61.8 Å². The molecule has 0 aromatic heterocycles. The first-order valence-corrected chi connectivity index (χ1v) is 7.76. The van der Waals surface area contributed by atoms with E-state index >= 15 is 0 Å². The summed E-state index contributed by atoms with van der Waals surface area (Å²) in [5, 5.41) is 0. The van der Waals surface area contributed by atoms with Crippen molar-refractivity contribution in [2.45, 2.75) is 27.7 Å². The number of benzene rings is 1. The van der Waals surface area contributed by atoms with Crippen LogP contribution in [0.3, 0.4) is 0 Å². The summed E-state index contributed by atoms with van der Waals surface area (Å²) in [4.78, 5) is 23.8. The van der Waals surface area contributed by atoms with Crippen LogP contribution in [0, 0.1) is 5.92 Å². The minimum atomic E-state index is -0.689. The monoisotopic (exact) mass is 320 g/mol. The summed E-state index contributed by atoms with van der Waals surface area (Å²) in [5.41, 5.74) is 0.572. The second kappa shape index (κ2) is 9.66. The minimum absolute atomic E-state index is 0.121. The van der Waals surface area contributed by atoms with Gasteiger partial charge in [-0.3, -0.25) is 0 Å². The maximum absolute atomic E-state index is 11.9. The molecule has 0 aliphatic rings. The third-order valence-electron chi connectivity index (χ3n) is 2.77. The zero-order chi connectivity index (χ0) is 17.2. The third-order valence-corrected chi connectivity index (χ3v) is 2.77. The van der Waals surface area contributed by atoms with E-state index in [1.807, 2.05) is 0 Å². The van der Waals surface area contributed by atoms with Gasteiger partial charge < -0.3 is 14.2 Å². The molecule has 0 atom stereocenters. The minimum Gasteiger partial charge on any atom is -0.493 e. The van der Waals surface area contributed by atoms with Crippen LogP contribution in [0.4, 0.5) is 0 Å². The predicted molar refractivity (Wildman–Crippen MR) is 88.0 cm³/mol. The van der Waals surface area contributed by atoms with Gasteiger partial charge in [0.1, 0.15) is 11.3 Å². The molecule has 0 radical (unpaired) electrons. The zero-order valence-corrected chi connectivity index (χ0v) is 14.1. The molecule has 23 heavy (non-hydrogen) atoms. The van der Waals surface area contributed by atoms with Gasteiger partial charge in [0.05, 0.1) is 19.8 Å². The molecule has 0 saturated heterocycles. The first-order chi connectivity index (χ1) is 11.0. The van der Waals surface area contributed by atoms with Crippen molar-refractivity contribution in [3.8, 4) is 5.75 Å². The van der Waals surface area contributed by atoms with Crippen LogP contribution in [0.15, 0.2) is 29.8 Å². The van der Waals surface area contributed by atoms with Crippen LogP contribution < -0.4 is 4.74 Å². The van der Waals surface area contributed by atoms with E-state index in [2.05, 4.69) is 13.8 Å². The summed E-state index contributed by atoms with van der Waals surface area (Å²) in [7, 11) is 0. The van der Waals surface area contributed by atoms with Gasteiger partial charge >= 0.3 is 11.9 Å². The highest BCUT2D eigenvalue weighted by molar-refractivity contribution is 6.17. The number of ether oxygens (including phenoxy) is 3. The van der Waals surface area contributed by atoms with E-state index < -0.39 is 11.9 Å². The number of carbonyl (C=O) groups excluding carboxylic acids is 2. The number of hydrogen-bond acceptors (Lipinski definition) is 5. The van der Waals surface area contributed by atoms with Crippen LogP contribution in [0.1, 0.15) is 33.3 Å². The van der Waals surface area contributed by atoms with Crippen LogP contribution in [-0.4, -0.2) is 31.8 Å². The number of rotatable bonds is 8. The van der Waals surface area contributed by atoms with Crippen molar-refractivity contribution >= 4 is 18.0 Å². The normalized spacial score (nSPS) is 10.1. The van der Waals surface area contributed by atoms with Crippen molar-refractivity contribution in [2.75, 3.05) is 19.8 Å². The van der Waals surface area contributed by atoms with Crippen LogP contribution >= 0.6 is 0 Å². The standard InChI is InChI=1S/C18H24O5/c1-5-21-17(19)16(18(20)22-6-2)11-14-7-9-15(10-8-14)23-12-13(3)4/h7-11,13H,5-6,12H2,1-4H3. The van der Waals surface area contributed by atoms with E-state index in [4.69, 9.17) is 14.2 Å². The molecule has 1 aromatic carbocycles.